The number of likely N-dealkylation sites (tertiary alicyclic amines) is 1. The number of amides is 1. The fourth-order valence-corrected chi connectivity index (χ4v) is 5.14. The second-order valence-corrected chi connectivity index (χ2v) is 9.09. The molecule has 0 spiro atoms. The zero-order valence-electron chi connectivity index (χ0n) is 18.3. The number of fused-ring (bicyclic) bond motifs is 2. The second kappa shape index (κ2) is 8.79. The van der Waals surface area contributed by atoms with Crippen molar-refractivity contribution in [2.45, 2.75) is 57.4 Å². The average molecular weight is 418 g/mol. The summed E-state index contributed by atoms with van der Waals surface area (Å²) in [4.78, 5) is 15.1. The summed E-state index contributed by atoms with van der Waals surface area (Å²) >= 11 is 0. The predicted octanol–water partition coefficient (Wildman–Crippen LogP) is 3.66. The normalized spacial score (nSPS) is 20.4. The van der Waals surface area contributed by atoms with E-state index in [0.29, 0.717) is 12.5 Å². The van der Waals surface area contributed by atoms with Crippen molar-refractivity contribution in [1.82, 2.24) is 24.8 Å². The zero-order valence-corrected chi connectivity index (χ0v) is 18.3. The molecule has 162 valence electrons. The summed E-state index contributed by atoms with van der Waals surface area (Å²) in [6, 6.07) is 12.7. The number of rotatable bonds is 5. The molecule has 2 aromatic heterocycles. The van der Waals surface area contributed by atoms with Gasteiger partial charge < -0.3 is 5.32 Å². The molecule has 0 radical (unpaired) electrons. The summed E-state index contributed by atoms with van der Waals surface area (Å²) in [5.74, 6) is 1.40. The summed E-state index contributed by atoms with van der Waals surface area (Å²) < 4.78 is 2.08. The van der Waals surface area contributed by atoms with Crippen LogP contribution < -0.4 is 5.32 Å². The van der Waals surface area contributed by atoms with Gasteiger partial charge in [0.2, 0.25) is 5.91 Å². The molecule has 31 heavy (non-hydrogen) atoms. The van der Waals surface area contributed by atoms with Crippen LogP contribution in [0.2, 0.25) is 0 Å². The highest BCUT2D eigenvalue weighted by Crippen LogP contribution is 2.27. The number of pyridine rings is 1. The maximum absolute atomic E-state index is 12.8. The first kappa shape index (κ1) is 20.2. The Morgan fingerprint density at radius 2 is 2.00 bits per heavy atom. The molecule has 3 heterocycles. The summed E-state index contributed by atoms with van der Waals surface area (Å²) in [6.07, 6.45) is 9.09. The molecule has 3 aromatic rings. The average Bonchev–Trinajstić information content (AvgIpc) is 3.23. The van der Waals surface area contributed by atoms with Gasteiger partial charge in [-0.15, -0.1) is 10.2 Å². The van der Waals surface area contributed by atoms with Crippen molar-refractivity contribution in [1.29, 1.82) is 0 Å². The number of benzene rings is 1. The van der Waals surface area contributed by atoms with E-state index in [2.05, 4.69) is 49.9 Å². The van der Waals surface area contributed by atoms with E-state index in [1.54, 1.807) is 0 Å². The van der Waals surface area contributed by atoms with Crippen molar-refractivity contribution in [3.8, 4) is 0 Å². The van der Waals surface area contributed by atoms with Gasteiger partial charge in [0.1, 0.15) is 5.82 Å². The lowest BCUT2D eigenvalue weighted by molar-refractivity contribution is -0.123. The molecule has 1 fully saturated rings. The highest BCUT2D eigenvalue weighted by molar-refractivity contribution is 5.78. The van der Waals surface area contributed by atoms with Crippen molar-refractivity contribution in [2.75, 3.05) is 19.6 Å². The minimum Gasteiger partial charge on any atom is -0.348 e. The third kappa shape index (κ3) is 4.35. The van der Waals surface area contributed by atoms with Gasteiger partial charge in [-0.3, -0.25) is 14.1 Å². The van der Waals surface area contributed by atoms with E-state index in [1.807, 2.05) is 24.4 Å². The van der Waals surface area contributed by atoms with E-state index in [-0.39, 0.29) is 11.9 Å². The maximum atomic E-state index is 12.8. The summed E-state index contributed by atoms with van der Waals surface area (Å²) in [7, 11) is 0. The highest BCUT2D eigenvalue weighted by Gasteiger charge is 2.26. The molecule has 2 atom stereocenters. The number of nitrogens with zero attached hydrogens (tertiary/aromatic N) is 4. The monoisotopic (exact) mass is 417 g/mol. The molecular weight excluding hydrogens is 386 g/mol. The van der Waals surface area contributed by atoms with E-state index < -0.39 is 0 Å². The Labute approximate surface area is 183 Å². The van der Waals surface area contributed by atoms with E-state index in [1.165, 1.54) is 36.0 Å². The first-order chi connectivity index (χ1) is 15.2. The Kier molecular flexibility index (Phi) is 5.72. The summed E-state index contributed by atoms with van der Waals surface area (Å²) in [5.41, 5.74) is 5.03. The van der Waals surface area contributed by atoms with Crippen LogP contribution in [0.4, 0.5) is 0 Å². The molecule has 0 bridgehead atoms. The van der Waals surface area contributed by atoms with Crippen LogP contribution in [0.3, 0.4) is 0 Å². The predicted molar refractivity (Wildman–Crippen MR) is 121 cm³/mol. The van der Waals surface area contributed by atoms with Crippen LogP contribution in [0.1, 0.15) is 67.1 Å². The van der Waals surface area contributed by atoms with Gasteiger partial charge in [-0.2, -0.15) is 0 Å². The van der Waals surface area contributed by atoms with Gasteiger partial charge in [-0.25, -0.2) is 0 Å². The van der Waals surface area contributed by atoms with Gasteiger partial charge in [0.05, 0.1) is 12.6 Å². The minimum atomic E-state index is 0.0285. The third-order valence-corrected chi connectivity index (χ3v) is 6.83. The van der Waals surface area contributed by atoms with Crippen LogP contribution in [0.15, 0.2) is 42.6 Å². The minimum absolute atomic E-state index is 0.0285. The van der Waals surface area contributed by atoms with Crippen molar-refractivity contribution < 1.29 is 4.79 Å². The standard InChI is InChI=1S/C25H31N5O/c1-18(20-12-11-19-7-2-3-8-21(19)15-20)26-24(31)17-29-13-6-9-22(16-29)25-28-27-23-10-4-5-14-30(23)25/h4-5,10-12,14-15,18,22H,2-3,6-9,13,16-17H2,1H3,(H,26,31). The lowest BCUT2D eigenvalue weighted by atomic mass is 9.89. The van der Waals surface area contributed by atoms with Crippen molar-refractivity contribution >= 4 is 11.6 Å². The van der Waals surface area contributed by atoms with Gasteiger partial charge in [0, 0.05) is 18.7 Å². The molecule has 2 unspecified atom stereocenters. The van der Waals surface area contributed by atoms with Crippen LogP contribution in [-0.4, -0.2) is 45.0 Å². The number of hydrogen-bond acceptors (Lipinski definition) is 4. The lowest BCUT2D eigenvalue weighted by Crippen LogP contribution is -2.42. The third-order valence-electron chi connectivity index (χ3n) is 6.83. The molecule has 2 aliphatic rings. The van der Waals surface area contributed by atoms with Crippen LogP contribution in [-0.2, 0) is 17.6 Å². The largest absolute Gasteiger partial charge is 0.348 e. The Morgan fingerprint density at radius 1 is 1.13 bits per heavy atom. The summed E-state index contributed by atoms with van der Waals surface area (Å²) in [5, 5.41) is 12.0. The quantitative estimate of drug-likeness (QED) is 0.688. The number of nitrogens with one attached hydrogen (secondary N) is 1. The molecule has 1 aromatic carbocycles. The van der Waals surface area contributed by atoms with Crippen LogP contribution in [0.5, 0.6) is 0 Å². The van der Waals surface area contributed by atoms with E-state index >= 15 is 0 Å². The van der Waals surface area contributed by atoms with Gasteiger partial charge in [0.25, 0.3) is 0 Å². The van der Waals surface area contributed by atoms with Gasteiger partial charge in [0.15, 0.2) is 5.65 Å². The first-order valence-electron chi connectivity index (χ1n) is 11.6. The summed E-state index contributed by atoms with van der Waals surface area (Å²) in [6.45, 7) is 4.32. The Hall–Kier alpha value is -2.73. The van der Waals surface area contributed by atoms with Crippen molar-refractivity contribution in [3.05, 3.63) is 65.1 Å². The molecule has 0 saturated carbocycles. The molecule has 5 rings (SSSR count). The molecule has 1 N–H and O–H groups in total. The first-order valence-corrected chi connectivity index (χ1v) is 11.6. The fourth-order valence-electron chi connectivity index (χ4n) is 5.14. The molecule has 1 amide bonds. The fraction of sp³-hybridized carbons (Fsp3) is 0.480. The van der Waals surface area contributed by atoms with Crippen LogP contribution in [0, 0.1) is 0 Å². The van der Waals surface area contributed by atoms with Crippen LogP contribution in [0.25, 0.3) is 5.65 Å². The van der Waals surface area contributed by atoms with Gasteiger partial charge >= 0.3 is 0 Å². The topological polar surface area (TPSA) is 62.5 Å². The Balaban J connectivity index is 1.20. The number of aromatic nitrogens is 3. The number of hydrogen-bond donors (Lipinski definition) is 1. The van der Waals surface area contributed by atoms with E-state index in [9.17, 15) is 4.79 Å². The molecule has 6 heteroatoms. The van der Waals surface area contributed by atoms with Crippen molar-refractivity contribution in [3.63, 3.8) is 0 Å². The van der Waals surface area contributed by atoms with E-state index in [0.717, 1.165) is 43.8 Å². The smallest absolute Gasteiger partial charge is 0.234 e. The number of carbonyl (C=O) groups is 1. The van der Waals surface area contributed by atoms with Crippen LogP contribution >= 0.6 is 0 Å². The Bertz CT molecular complexity index is 1070. The highest BCUT2D eigenvalue weighted by atomic mass is 16.2. The Morgan fingerprint density at radius 3 is 2.90 bits per heavy atom. The van der Waals surface area contributed by atoms with Gasteiger partial charge in [-0.1, -0.05) is 24.3 Å². The molecular formula is C25H31N5O. The number of aryl methyl sites for hydroxylation is 2. The number of carbonyl (C=O) groups excluding carboxylic acids is 1. The molecule has 1 aliphatic carbocycles. The van der Waals surface area contributed by atoms with E-state index in [4.69, 9.17) is 0 Å². The van der Waals surface area contributed by atoms with Gasteiger partial charge in [-0.05, 0) is 80.8 Å². The zero-order chi connectivity index (χ0) is 21.2. The van der Waals surface area contributed by atoms with Crippen molar-refractivity contribution in [2.24, 2.45) is 0 Å². The number of piperidine rings is 1. The molecule has 1 saturated heterocycles. The lowest BCUT2D eigenvalue weighted by Gasteiger charge is -2.31. The second-order valence-electron chi connectivity index (χ2n) is 9.09. The SMILES string of the molecule is CC(NC(=O)CN1CCCC(c2nnc3ccccn23)C1)c1ccc2c(c1)CCCC2. The molecule has 1 aliphatic heterocycles. The maximum Gasteiger partial charge on any atom is 0.234 e. The molecule has 6 nitrogen and oxygen atoms in total.